The van der Waals surface area contributed by atoms with Crippen molar-refractivity contribution in [3.63, 3.8) is 0 Å². The van der Waals surface area contributed by atoms with Crippen LogP contribution < -0.4 is 5.73 Å². The van der Waals surface area contributed by atoms with Gasteiger partial charge in [0, 0.05) is 18.6 Å². The van der Waals surface area contributed by atoms with Crippen molar-refractivity contribution in [1.29, 1.82) is 0 Å². The van der Waals surface area contributed by atoms with E-state index in [2.05, 4.69) is 5.10 Å². The van der Waals surface area contributed by atoms with Crippen LogP contribution in [0.15, 0.2) is 6.20 Å². The van der Waals surface area contributed by atoms with Gasteiger partial charge in [-0.25, -0.2) is 4.68 Å². The zero-order valence-electron chi connectivity index (χ0n) is 7.61. The predicted octanol–water partition coefficient (Wildman–Crippen LogP) is 0.725. The van der Waals surface area contributed by atoms with Gasteiger partial charge in [0.2, 0.25) is 0 Å². The summed E-state index contributed by atoms with van der Waals surface area (Å²) in [5, 5.41) is 13.0. The van der Waals surface area contributed by atoms with E-state index in [1.807, 2.05) is 4.68 Å². The van der Waals surface area contributed by atoms with Gasteiger partial charge >= 0.3 is 0 Å². The predicted molar refractivity (Wildman–Crippen MR) is 50.3 cm³/mol. The number of hydrogen-bond acceptors (Lipinski definition) is 3. The molecule has 0 bridgehead atoms. The summed E-state index contributed by atoms with van der Waals surface area (Å²) in [5.41, 5.74) is 6.86. The van der Waals surface area contributed by atoms with Gasteiger partial charge in [-0.15, -0.1) is 0 Å². The van der Waals surface area contributed by atoms with Gasteiger partial charge in [-0.1, -0.05) is 0 Å². The van der Waals surface area contributed by atoms with Crippen LogP contribution in [0.4, 0.5) is 5.82 Å². The summed E-state index contributed by atoms with van der Waals surface area (Å²) in [6.45, 7) is 0.139. The van der Waals surface area contributed by atoms with E-state index < -0.39 is 0 Å². The standard InChI is InChI=1S/C9H15N3O/c10-9-7(4-5-13)6-11-12(9)8-2-1-3-8/h6,8,13H,1-5,10H2. The molecule has 1 fully saturated rings. The third-order valence-electron chi connectivity index (χ3n) is 2.72. The first-order chi connectivity index (χ1) is 6.33. The number of aliphatic hydroxyl groups is 1. The summed E-state index contributed by atoms with van der Waals surface area (Å²) in [6, 6.07) is 0.507. The van der Waals surface area contributed by atoms with Crippen molar-refractivity contribution in [2.24, 2.45) is 0 Å². The number of anilines is 1. The maximum absolute atomic E-state index is 8.77. The first kappa shape index (κ1) is 8.56. The second-order valence-corrected chi connectivity index (χ2v) is 3.56. The van der Waals surface area contributed by atoms with Gasteiger partial charge in [0.25, 0.3) is 0 Å². The Labute approximate surface area is 77.4 Å². The van der Waals surface area contributed by atoms with Crippen molar-refractivity contribution in [3.05, 3.63) is 11.8 Å². The van der Waals surface area contributed by atoms with E-state index >= 15 is 0 Å². The second-order valence-electron chi connectivity index (χ2n) is 3.56. The quantitative estimate of drug-likeness (QED) is 0.722. The SMILES string of the molecule is Nc1c(CCO)cnn1C1CCC1. The number of nitrogen functional groups attached to an aromatic ring is 1. The molecule has 0 unspecified atom stereocenters. The van der Waals surface area contributed by atoms with Gasteiger partial charge in [0.05, 0.1) is 12.2 Å². The molecule has 3 N–H and O–H groups in total. The van der Waals surface area contributed by atoms with Crippen molar-refractivity contribution in [3.8, 4) is 0 Å². The monoisotopic (exact) mass is 181 g/mol. The summed E-state index contributed by atoms with van der Waals surface area (Å²) in [7, 11) is 0. The molecule has 2 rings (SSSR count). The van der Waals surface area contributed by atoms with Crippen LogP contribution in [-0.4, -0.2) is 21.5 Å². The lowest BCUT2D eigenvalue weighted by Gasteiger charge is -2.26. The molecular weight excluding hydrogens is 166 g/mol. The minimum atomic E-state index is 0.139. The molecule has 0 radical (unpaired) electrons. The molecule has 0 saturated heterocycles. The highest BCUT2D eigenvalue weighted by atomic mass is 16.2. The van der Waals surface area contributed by atoms with Crippen LogP contribution in [0.25, 0.3) is 0 Å². The van der Waals surface area contributed by atoms with E-state index in [0.717, 1.165) is 11.4 Å². The van der Waals surface area contributed by atoms with E-state index in [4.69, 9.17) is 10.8 Å². The van der Waals surface area contributed by atoms with Crippen LogP contribution in [0.2, 0.25) is 0 Å². The second kappa shape index (κ2) is 3.38. The Kier molecular flexibility index (Phi) is 2.22. The molecule has 0 amide bonds. The minimum Gasteiger partial charge on any atom is -0.396 e. The van der Waals surface area contributed by atoms with Crippen LogP contribution in [0.1, 0.15) is 30.9 Å². The molecule has 1 aromatic rings. The number of hydrogen-bond donors (Lipinski definition) is 2. The number of aliphatic hydroxyl groups excluding tert-OH is 1. The van der Waals surface area contributed by atoms with Crippen molar-refractivity contribution >= 4 is 5.82 Å². The lowest BCUT2D eigenvalue weighted by atomic mass is 9.93. The van der Waals surface area contributed by atoms with Crippen molar-refractivity contribution in [2.75, 3.05) is 12.3 Å². The Bertz CT molecular complexity index is 291. The normalized spacial score (nSPS) is 17.3. The van der Waals surface area contributed by atoms with Gasteiger partial charge in [0.1, 0.15) is 5.82 Å². The first-order valence-corrected chi connectivity index (χ1v) is 4.75. The highest BCUT2D eigenvalue weighted by molar-refractivity contribution is 5.39. The maximum Gasteiger partial charge on any atom is 0.125 e. The molecule has 0 aromatic carbocycles. The molecular formula is C9H15N3O. The highest BCUT2D eigenvalue weighted by Crippen LogP contribution is 2.33. The summed E-state index contributed by atoms with van der Waals surface area (Å²) in [4.78, 5) is 0. The Morgan fingerprint density at radius 1 is 1.62 bits per heavy atom. The molecule has 1 aromatic heterocycles. The summed E-state index contributed by atoms with van der Waals surface area (Å²) in [6.07, 6.45) is 6.02. The molecule has 72 valence electrons. The van der Waals surface area contributed by atoms with Crippen LogP contribution in [0, 0.1) is 0 Å². The fraction of sp³-hybridized carbons (Fsp3) is 0.667. The first-order valence-electron chi connectivity index (χ1n) is 4.75. The highest BCUT2D eigenvalue weighted by Gasteiger charge is 2.22. The summed E-state index contributed by atoms with van der Waals surface area (Å²) in [5.74, 6) is 0.735. The molecule has 1 saturated carbocycles. The van der Waals surface area contributed by atoms with Gasteiger partial charge in [0.15, 0.2) is 0 Å². The Morgan fingerprint density at radius 2 is 2.38 bits per heavy atom. The number of nitrogens with zero attached hydrogens (tertiary/aromatic N) is 2. The van der Waals surface area contributed by atoms with Gasteiger partial charge in [-0.2, -0.15) is 5.10 Å². The van der Waals surface area contributed by atoms with Gasteiger partial charge < -0.3 is 10.8 Å². The minimum absolute atomic E-state index is 0.139. The average Bonchev–Trinajstić information content (AvgIpc) is 2.34. The lowest BCUT2D eigenvalue weighted by Crippen LogP contribution is -2.20. The zero-order valence-corrected chi connectivity index (χ0v) is 7.61. The van der Waals surface area contributed by atoms with E-state index in [9.17, 15) is 0 Å². The van der Waals surface area contributed by atoms with Crippen LogP contribution in [0.5, 0.6) is 0 Å². The van der Waals surface area contributed by atoms with Gasteiger partial charge in [-0.05, 0) is 19.3 Å². The van der Waals surface area contributed by atoms with Crippen molar-refractivity contribution in [2.45, 2.75) is 31.7 Å². The third-order valence-corrected chi connectivity index (χ3v) is 2.72. The Hall–Kier alpha value is -1.03. The van der Waals surface area contributed by atoms with E-state index in [1.54, 1.807) is 6.20 Å². The van der Waals surface area contributed by atoms with E-state index in [-0.39, 0.29) is 6.61 Å². The summed E-state index contributed by atoms with van der Waals surface area (Å²) < 4.78 is 1.90. The third kappa shape index (κ3) is 1.42. The lowest BCUT2D eigenvalue weighted by molar-refractivity contribution is 0.291. The Balaban J connectivity index is 2.17. The fourth-order valence-corrected chi connectivity index (χ4v) is 1.64. The molecule has 1 aliphatic carbocycles. The molecule has 1 heterocycles. The fourth-order valence-electron chi connectivity index (χ4n) is 1.64. The average molecular weight is 181 g/mol. The number of aromatic nitrogens is 2. The van der Waals surface area contributed by atoms with Crippen LogP contribution in [0.3, 0.4) is 0 Å². The van der Waals surface area contributed by atoms with Crippen LogP contribution in [-0.2, 0) is 6.42 Å². The van der Waals surface area contributed by atoms with Crippen molar-refractivity contribution in [1.82, 2.24) is 9.78 Å². The number of nitrogens with two attached hydrogens (primary N) is 1. The van der Waals surface area contributed by atoms with Gasteiger partial charge in [-0.3, -0.25) is 0 Å². The topological polar surface area (TPSA) is 64.1 Å². The van der Waals surface area contributed by atoms with E-state index in [1.165, 1.54) is 19.3 Å². The maximum atomic E-state index is 8.77. The van der Waals surface area contributed by atoms with Crippen molar-refractivity contribution < 1.29 is 5.11 Å². The molecule has 0 atom stereocenters. The molecule has 4 nitrogen and oxygen atoms in total. The Morgan fingerprint density at radius 3 is 2.92 bits per heavy atom. The molecule has 1 aliphatic rings. The zero-order chi connectivity index (χ0) is 9.26. The molecule has 0 spiro atoms. The molecule has 13 heavy (non-hydrogen) atoms. The molecule has 0 aliphatic heterocycles. The largest absolute Gasteiger partial charge is 0.396 e. The van der Waals surface area contributed by atoms with Crippen LogP contribution >= 0.6 is 0 Å². The van der Waals surface area contributed by atoms with E-state index in [0.29, 0.717) is 12.5 Å². The smallest absolute Gasteiger partial charge is 0.125 e. The number of rotatable bonds is 3. The summed E-state index contributed by atoms with van der Waals surface area (Å²) >= 11 is 0. The molecule has 4 heteroatoms.